The number of carbonyl (C=O) groups is 1. The molecule has 0 spiro atoms. The van der Waals surface area contributed by atoms with E-state index in [0.29, 0.717) is 36.8 Å². The molecule has 0 bridgehead atoms. The Morgan fingerprint density at radius 3 is 2.32 bits per heavy atom. The Bertz CT molecular complexity index is 965. The summed E-state index contributed by atoms with van der Waals surface area (Å²) in [4.78, 5) is 15.8. The van der Waals surface area contributed by atoms with Crippen molar-refractivity contribution in [3.05, 3.63) is 59.2 Å². The number of rotatable bonds is 5. The molecule has 0 radical (unpaired) electrons. The van der Waals surface area contributed by atoms with Crippen molar-refractivity contribution in [3.63, 3.8) is 0 Å². The van der Waals surface area contributed by atoms with Gasteiger partial charge >= 0.3 is 0 Å². The number of benzene rings is 2. The van der Waals surface area contributed by atoms with Crippen molar-refractivity contribution in [1.82, 2.24) is 9.21 Å². The van der Waals surface area contributed by atoms with Gasteiger partial charge in [0.25, 0.3) is 0 Å². The first-order valence-corrected chi connectivity index (χ1v) is 11.8. The molecule has 0 saturated carbocycles. The Hall–Kier alpha value is -1.83. The number of amides is 1. The number of sulfonamides is 1. The monoisotopic (exact) mass is 418 g/mol. The summed E-state index contributed by atoms with van der Waals surface area (Å²) in [6.07, 6.45) is 0. The second kappa shape index (κ2) is 8.68. The third kappa shape index (κ3) is 4.59. The molecule has 2 aromatic carbocycles. The summed E-state index contributed by atoms with van der Waals surface area (Å²) in [5, 5.41) is 0. The summed E-state index contributed by atoms with van der Waals surface area (Å²) in [5.74, 6) is 0.422. The van der Waals surface area contributed by atoms with Gasteiger partial charge in [0.1, 0.15) is 0 Å². The molecule has 0 aromatic heterocycles. The van der Waals surface area contributed by atoms with Crippen LogP contribution in [0, 0.1) is 20.8 Å². The van der Waals surface area contributed by atoms with Crippen LogP contribution in [-0.2, 0) is 14.8 Å². The van der Waals surface area contributed by atoms with Crippen LogP contribution in [0.5, 0.6) is 0 Å². The van der Waals surface area contributed by atoms with E-state index in [0.717, 1.165) is 21.6 Å². The van der Waals surface area contributed by atoms with Gasteiger partial charge in [0, 0.05) is 31.1 Å². The molecule has 1 aliphatic heterocycles. The summed E-state index contributed by atoms with van der Waals surface area (Å²) >= 11 is 1.53. The van der Waals surface area contributed by atoms with Crippen LogP contribution in [-0.4, -0.2) is 55.5 Å². The minimum Gasteiger partial charge on any atom is -0.339 e. The minimum absolute atomic E-state index is 0.0528. The van der Waals surface area contributed by atoms with Crippen molar-refractivity contribution in [1.29, 1.82) is 0 Å². The third-order valence-electron chi connectivity index (χ3n) is 5.00. The van der Waals surface area contributed by atoms with E-state index in [9.17, 15) is 13.2 Å². The van der Waals surface area contributed by atoms with E-state index < -0.39 is 10.0 Å². The van der Waals surface area contributed by atoms with Crippen molar-refractivity contribution >= 4 is 27.7 Å². The number of hydrogen-bond acceptors (Lipinski definition) is 4. The predicted molar refractivity (Wildman–Crippen MR) is 113 cm³/mol. The molecule has 0 N–H and O–H groups in total. The van der Waals surface area contributed by atoms with E-state index in [4.69, 9.17) is 0 Å². The summed E-state index contributed by atoms with van der Waals surface area (Å²) in [5.41, 5.74) is 2.83. The molecule has 1 saturated heterocycles. The van der Waals surface area contributed by atoms with Crippen LogP contribution in [0.4, 0.5) is 0 Å². The van der Waals surface area contributed by atoms with Crippen LogP contribution in [0.25, 0.3) is 0 Å². The van der Waals surface area contributed by atoms with Crippen molar-refractivity contribution in [3.8, 4) is 0 Å². The van der Waals surface area contributed by atoms with Gasteiger partial charge < -0.3 is 4.90 Å². The summed E-state index contributed by atoms with van der Waals surface area (Å²) in [6, 6.07) is 13.5. The Morgan fingerprint density at radius 2 is 1.64 bits per heavy atom. The van der Waals surface area contributed by atoms with Gasteiger partial charge in [-0.05, 0) is 49.6 Å². The molecular weight excluding hydrogens is 392 g/mol. The van der Waals surface area contributed by atoms with E-state index in [2.05, 4.69) is 0 Å². The summed E-state index contributed by atoms with van der Waals surface area (Å²) < 4.78 is 27.5. The van der Waals surface area contributed by atoms with E-state index in [1.807, 2.05) is 57.2 Å². The van der Waals surface area contributed by atoms with E-state index >= 15 is 0 Å². The zero-order valence-electron chi connectivity index (χ0n) is 16.5. The largest absolute Gasteiger partial charge is 0.339 e. The molecule has 0 unspecified atom stereocenters. The van der Waals surface area contributed by atoms with Gasteiger partial charge in [-0.3, -0.25) is 4.79 Å². The Labute approximate surface area is 171 Å². The van der Waals surface area contributed by atoms with Gasteiger partial charge in [0.2, 0.25) is 15.9 Å². The fourth-order valence-corrected chi connectivity index (χ4v) is 5.92. The number of nitrogens with zero attached hydrogens (tertiary/aromatic N) is 2. The smallest absolute Gasteiger partial charge is 0.243 e. The highest BCUT2D eigenvalue weighted by Crippen LogP contribution is 2.24. The van der Waals surface area contributed by atoms with Crippen molar-refractivity contribution in [2.45, 2.75) is 30.6 Å². The number of thioether (sulfide) groups is 1. The molecule has 5 nitrogen and oxygen atoms in total. The van der Waals surface area contributed by atoms with Crippen LogP contribution >= 0.6 is 11.8 Å². The van der Waals surface area contributed by atoms with E-state index in [1.54, 1.807) is 11.0 Å². The molecule has 0 aliphatic carbocycles. The van der Waals surface area contributed by atoms with E-state index in [1.165, 1.54) is 16.1 Å². The van der Waals surface area contributed by atoms with Crippen molar-refractivity contribution < 1.29 is 13.2 Å². The van der Waals surface area contributed by atoms with Gasteiger partial charge in [0.05, 0.1) is 10.6 Å². The molecule has 28 heavy (non-hydrogen) atoms. The number of carbonyl (C=O) groups excluding carboxylic acids is 1. The molecule has 0 atom stereocenters. The topological polar surface area (TPSA) is 57.7 Å². The zero-order chi connectivity index (χ0) is 20.3. The second-order valence-electron chi connectivity index (χ2n) is 7.11. The SMILES string of the molecule is Cc1ccc(C)c(S(=O)(=O)N2CCN(C(=O)CSc3ccccc3C)CC2)c1. The Balaban J connectivity index is 1.60. The maximum atomic E-state index is 13.0. The normalized spacial score (nSPS) is 15.6. The lowest BCUT2D eigenvalue weighted by Gasteiger charge is -2.34. The maximum absolute atomic E-state index is 13.0. The third-order valence-corrected chi connectivity index (χ3v) is 8.20. The number of piperazine rings is 1. The molecule has 3 rings (SSSR count). The highest BCUT2D eigenvalue weighted by Gasteiger charge is 2.31. The Kier molecular flexibility index (Phi) is 6.47. The van der Waals surface area contributed by atoms with Crippen LogP contribution in [0.2, 0.25) is 0 Å². The summed E-state index contributed by atoms with van der Waals surface area (Å²) in [6.45, 7) is 7.25. The van der Waals surface area contributed by atoms with Crippen LogP contribution in [0.3, 0.4) is 0 Å². The summed E-state index contributed by atoms with van der Waals surface area (Å²) in [7, 11) is -3.54. The lowest BCUT2D eigenvalue weighted by Crippen LogP contribution is -2.51. The molecule has 150 valence electrons. The van der Waals surface area contributed by atoms with Crippen LogP contribution in [0.15, 0.2) is 52.3 Å². The predicted octanol–water partition coefficient (Wildman–Crippen LogP) is 3.24. The van der Waals surface area contributed by atoms with Gasteiger partial charge in [-0.1, -0.05) is 30.3 Å². The fourth-order valence-electron chi connectivity index (χ4n) is 3.25. The average Bonchev–Trinajstić information content (AvgIpc) is 2.69. The van der Waals surface area contributed by atoms with Gasteiger partial charge in [-0.25, -0.2) is 8.42 Å². The van der Waals surface area contributed by atoms with Crippen LogP contribution in [0.1, 0.15) is 16.7 Å². The molecular formula is C21H26N2O3S2. The van der Waals surface area contributed by atoms with E-state index in [-0.39, 0.29) is 5.91 Å². The highest BCUT2D eigenvalue weighted by atomic mass is 32.2. The molecule has 1 fully saturated rings. The van der Waals surface area contributed by atoms with Crippen LogP contribution < -0.4 is 0 Å². The molecule has 1 amide bonds. The molecule has 7 heteroatoms. The lowest BCUT2D eigenvalue weighted by atomic mass is 10.2. The molecule has 2 aromatic rings. The first kappa shape index (κ1) is 20.9. The number of hydrogen-bond donors (Lipinski definition) is 0. The highest BCUT2D eigenvalue weighted by molar-refractivity contribution is 8.00. The van der Waals surface area contributed by atoms with Gasteiger partial charge in [0.15, 0.2) is 0 Å². The minimum atomic E-state index is -3.54. The van der Waals surface area contributed by atoms with Crippen molar-refractivity contribution in [2.24, 2.45) is 0 Å². The molecule has 1 heterocycles. The first-order valence-electron chi connectivity index (χ1n) is 9.32. The van der Waals surface area contributed by atoms with Gasteiger partial charge in [-0.15, -0.1) is 11.8 Å². The first-order chi connectivity index (χ1) is 13.3. The number of aryl methyl sites for hydroxylation is 3. The molecule has 1 aliphatic rings. The van der Waals surface area contributed by atoms with Crippen molar-refractivity contribution in [2.75, 3.05) is 31.9 Å². The maximum Gasteiger partial charge on any atom is 0.243 e. The fraction of sp³-hybridized carbons (Fsp3) is 0.381. The zero-order valence-corrected chi connectivity index (χ0v) is 18.1. The Morgan fingerprint density at radius 1 is 0.964 bits per heavy atom. The second-order valence-corrected chi connectivity index (χ2v) is 10.0. The average molecular weight is 419 g/mol. The quantitative estimate of drug-likeness (QED) is 0.700. The lowest BCUT2D eigenvalue weighted by molar-refractivity contribution is -0.129. The standard InChI is InChI=1S/C21H26N2O3S2/c1-16-8-9-18(3)20(14-16)28(25,26)23-12-10-22(11-13-23)21(24)15-27-19-7-5-4-6-17(19)2/h4-9,14H,10-13,15H2,1-3H3. The van der Waals surface area contributed by atoms with Gasteiger partial charge in [-0.2, -0.15) is 4.31 Å².